The second-order valence-electron chi connectivity index (χ2n) is 8.00. The van der Waals surface area contributed by atoms with Crippen molar-refractivity contribution in [2.75, 3.05) is 17.2 Å². The summed E-state index contributed by atoms with van der Waals surface area (Å²) < 4.78 is 14.8. The zero-order valence-corrected chi connectivity index (χ0v) is 17.8. The summed E-state index contributed by atoms with van der Waals surface area (Å²) in [5, 5.41) is 0. The molecule has 0 saturated heterocycles. The van der Waals surface area contributed by atoms with E-state index < -0.39 is 0 Å². The van der Waals surface area contributed by atoms with Crippen LogP contribution in [0.2, 0.25) is 0 Å². The minimum Gasteiger partial charge on any atom is -0.396 e. The maximum Gasteiger partial charge on any atom is 0.149 e. The number of fused-ring (bicyclic) bond motifs is 1. The van der Waals surface area contributed by atoms with Gasteiger partial charge in [-0.2, -0.15) is 0 Å². The quantitative estimate of drug-likeness (QED) is 0.312. The standard InChI is InChI=1S/C26H23FN6/c27-20-14-22-21(11-18(20)16-9-5-2-6-10-16)31-24(32-22)13-17(15-7-3-1-4-8-15)19-12-23(28)33-26(30)25(19)29/h1-12,14,17H,13,29H2,(H,31,32)(H4,28,30,33)/t17-/m1/s1. The Bertz CT molecular complexity index is 1430. The number of aromatic amines is 1. The van der Waals surface area contributed by atoms with E-state index in [0.29, 0.717) is 40.3 Å². The molecule has 1 atom stereocenters. The second-order valence-corrected chi connectivity index (χ2v) is 8.00. The Hall–Kier alpha value is -4.39. The van der Waals surface area contributed by atoms with Crippen molar-refractivity contribution < 1.29 is 4.39 Å². The van der Waals surface area contributed by atoms with Crippen molar-refractivity contribution in [2.24, 2.45) is 0 Å². The number of anilines is 3. The number of halogens is 1. The lowest BCUT2D eigenvalue weighted by atomic mass is 9.87. The lowest BCUT2D eigenvalue weighted by molar-refractivity contribution is 0.633. The third-order valence-corrected chi connectivity index (χ3v) is 5.82. The van der Waals surface area contributed by atoms with E-state index in [1.54, 1.807) is 12.1 Å². The number of rotatable bonds is 5. The summed E-state index contributed by atoms with van der Waals surface area (Å²) in [6.07, 6.45) is 0.494. The third kappa shape index (κ3) is 3.96. The van der Waals surface area contributed by atoms with Gasteiger partial charge in [-0.25, -0.2) is 14.4 Å². The first-order valence-corrected chi connectivity index (χ1v) is 10.6. The van der Waals surface area contributed by atoms with Crippen molar-refractivity contribution in [3.05, 3.63) is 102 Å². The van der Waals surface area contributed by atoms with Gasteiger partial charge in [-0.1, -0.05) is 60.7 Å². The van der Waals surface area contributed by atoms with Crippen molar-refractivity contribution in [1.29, 1.82) is 0 Å². The van der Waals surface area contributed by atoms with Crippen LogP contribution in [0.3, 0.4) is 0 Å². The van der Waals surface area contributed by atoms with Gasteiger partial charge >= 0.3 is 0 Å². The maximum absolute atomic E-state index is 14.8. The number of nitrogen functional groups attached to an aromatic ring is 3. The molecule has 5 rings (SSSR count). The van der Waals surface area contributed by atoms with Crippen LogP contribution >= 0.6 is 0 Å². The molecular weight excluding hydrogens is 415 g/mol. The fourth-order valence-corrected chi connectivity index (χ4v) is 4.21. The van der Waals surface area contributed by atoms with Gasteiger partial charge in [-0.15, -0.1) is 0 Å². The highest BCUT2D eigenvalue weighted by atomic mass is 19.1. The van der Waals surface area contributed by atoms with Crippen LogP contribution in [0.4, 0.5) is 21.7 Å². The lowest BCUT2D eigenvalue weighted by Crippen LogP contribution is -2.12. The normalized spacial score (nSPS) is 12.2. The summed E-state index contributed by atoms with van der Waals surface area (Å²) in [6.45, 7) is 0. The van der Waals surface area contributed by atoms with Gasteiger partial charge in [0.25, 0.3) is 0 Å². The van der Waals surface area contributed by atoms with Gasteiger partial charge in [0.05, 0.1) is 16.7 Å². The molecular formula is C26H23FN6. The van der Waals surface area contributed by atoms with Gasteiger partial charge in [-0.05, 0) is 28.8 Å². The first kappa shape index (κ1) is 20.5. The Balaban J connectivity index is 1.58. The number of aromatic nitrogens is 3. The highest BCUT2D eigenvalue weighted by molar-refractivity contribution is 5.82. The van der Waals surface area contributed by atoms with Gasteiger partial charge in [0, 0.05) is 24.0 Å². The highest BCUT2D eigenvalue weighted by Gasteiger charge is 2.22. The van der Waals surface area contributed by atoms with E-state index in [9.17, 15) is 4.39 Å². The topological polar surface area (TPSA) is 120 Å². The summed E-state index contributed by atoms with van der Waals surface area (Å²) in [7, 11) is 0. The Morgan fingerprint density at radius 2 is 1.55 bits per heavy atom. The summed E-state index contributed by atoms with van der Waals surface area (Å²) in [5.41, 5.74) is 23.1. The van der Waals surface area contributed by atoms with Gasteiger partial charge in [-0.3, -0.25) is 0 Å². The molecule has 6 nitrogen and oxygen atoms in total. The smallest absolute Gasteiger partial charge is 0.149 e. The van der Waals surface area contributed by atoms with Crippen LogP contribution in [-0.2, 0) is 6.42 Å². The molecule has 5 aromatic rings. The van der Waals surface area contributed by atoms with Gasteiger partial charge in [0.2, 0.25) is 0 Å². The molecule has 0 unspecified atom stereocenters. The number of nitrogens with two attached hydrogens (primary N) is 3. The average Bonchev–Trinajstić information content (AvgIpc) is 3.22. The molecule has 33 heavy (non-hydrogen) atoms. The van der Waals surface area contributed by atoms with E-state index in [2.05, 4.69) is 9.97 Å². The van der Waals surface area contributed by atoms with Gasteiger partial charge < -0.3 is 22.2 Å². The highest BCUT2D eigenvalue weighted by Crippen LogP contribution is 2.35. The average molecular weight is 439 g/mol. The number of benzene rings is 3. The van der Waals surface area contributed by atoms with Crippen LogP contribution in [0.15, 0.2) is 78.9 Å². The van der Waals surface area contributed by atoms with Crippen molar-refractivity contribution in [3.63, 3.8) is 0 Å². The van der Waals surface area contributed by atoms with E-state index in [1.807, 2.05) is 60.7 Å². The molecule has 7 heteroatoms. The van der Waals surface area contributed by atoms with Crippen LogP contribution in [0, 0.1) is 5.82 Å². The molecule has 0 spiro atoms. The molecule has 0 aliphatic rings. The minimum absolute atomic E-state index is 0.169. The summed E-state index contributed by atoms with van der Waals surface area (Å²) in [5.74, 6) is 0.735. The fraction of sp³-hybridized carbons (Fsp3) is 0.0769. The number of pyridine rings is 1. The maximum atomic E-state index is 14.8. The largest absolute Gasteiger partial charge is 0.396 e. The van der Waals surface area contributed by atoms with Crippen molar-refractivity contribution >= 4 is 28.4 Å². The Morgan fingerprint density at radius 1 is 0.848 bits per heavy atom. The molecule has 164 valence electrons. The molecule has 0 saturated carbocycles. The summed E-state index contributed by atoms with van der Waals surface area (Å²) in [4.78, 5) is 12.1. The Morgan fingerprint density at radius 3 is 2.27 bits per heavy atom. The monoisotopic (exact) mass is 438 g/mol. The lowest BCUT2D eigenvalue weighted by Gasteiger charge is -2.20. The van der Waals surface area contributed by atoms with Crippen molar-refractivity contribution in [2.45, 2.75) is 12.3 Å². The zero-order valence-electron chi connectivity index (χ0n) is 17.8. The number of imidazole rings is 1. The van der Waals surface area contributed by atoms with E-state index >= 15 is 0 Å². The molecule has 2 aromatic heterocycles. The van der Waals surface area contributed by atoms with Crippen LogP contribution in [0.5, 0.6) is 0 Å². The number of H-pyrrole nitrogens is 1. The number of nitrogens with zero attached hydrogens (tertiary/aromatic N) is 2. The summed E-state index contributed by atoms with van der Waals surface area (Å²) >= 11 is 0. The van der Waals surface area contributed by atoms with E-state index in [0.717, 1.165) is 16.7 Å². The molecule has 2 heterocycles. The van der Waals surface area contributed by atoms with Crippen LogP contribution in [0.25, 0.3) is 22.2 Å². The SMILES string of the molecule is Nc1cc([C@H](Cc2nc3cc(-c4ccccc4)c(F)cc3[nH]2)c2ccccc2)c(N)c(N)n1. The number of hydrogen-bond donors (Lipinski definition) is 4. The molecule has 0 aliphatic carbocycles. The van der Waals surface area contributed by atoms with Crippen LogP contribution in [0.1, 0.15) is 22.9 Å². The molecule has 0 radical (unpaired) electrons. The van der Waals surface area contributed by atoms with E-state index in [-0.39, 0.29) is 17.6 Å². The third-order valence-electron chi connectivity index (χ3n) is 5.82. The van der Waals surface area contributed by atoms with E-state index in [1.165, 1.54) is 6.07 Å². The van der Waals surface area contributed by atoms with Crippen LogP contribution < -0.4 is 17.2 Å². The molecule has 0 aliphatic heterocycles. The number of hydrogen-bond acceptors (Lipinski definition) is 5. The Labute approximate surface area is 190 Å². The molecule has 7 N–H and O–H groups in total. The summed E-state index contributed by atoms with van der Waals surface area (Å²) in [6, 6.07) is 24.4. The van der Waals surface area contributed by atoms with Gasteiger partial charge in [0.15, 0.2) is 0 Å². The van der Waals surface area contributed by atoms with Crippen molar-refractivity contribution in [1.82, 2.24) is 15.0 Å². The predicted octanol–water partition coefficient (Wildman–Crippen LogP) is 4.89. The molecule has 0 fully saturated rings. The first-order valence-electron chi connectivity index (χ1n) is 10.6. The second kappa shape index (κ2) is 8.27. The molecule has 0 bridgehead atoms. The first-order chi connectivity index (χ1) is 16.0. The van der Waals surface area contributed by atoms with Gasteiger partial charge in [0.1, 0.15) is 23.3 Å². The van der Waals surface area contributed by atoms with E-state index in [4.69, 9.17) is 22.2 Å². The zero-order chi connectivity index (χ0) is 22.9. The number of nitrogens with one attached hydrogen (secondary N) is 1. The fourth-order valence-electron chi connectivity index (χ4n) is 4.21. The predicted molar refractivity (Wildman–Crippen MR) is 131 cm³/mol. The van der Waals surface area contributed by atoms with Crippen molar-refractivity contribution in [3.8, 4) is 11.1 Å². The van der Waals surface area contributed by atoms with Crippen LogP contribution in [-0.4, -0.2) is 15.0 Å². The molecule has 3 aromatic carbocycles. The Kier molecular flexibility index (Phi) is 5.14. The molecule has 0 amide bonds. The minimum atomic E-state index is -0.303.